The van der Waals surface area contributed by atoms with Gasteiger partial charge in [0.1, 0.15) is 23.7 Å². The molecule has 2 aliphatic rings. The van der Waals surface area contributed by atoms with Crippen molar-refractivity contribution in [2.45, 2.75) is 41.0 Å². The Balaban J connectivity index is 1.36. The molecule has 2 aliphatic heterocycles. The lowest BCUT2D eigenvalue weighted by Crippen LogP contribution is -2.60. The molecule has 11 heteroatoms. The van der Waals surface area contributed by atoms with Crippen molar-refractivity contribution in [3.8, 4) is 0 Å². The van der Waals surface area contributed by atoms with Gasteiger partial charge in [0, 0.05) is 21.6 Å². The molecule has 6 atom stereocenters. The zero-order valence-corrected chi connectivity index (χ0v) is 17.1. The minimum absolute atomic E-state index is 0.261. The Bertz CT molecular complexity index is 1080. The molecule has 0 radical (unpaired) electrons. The first kappa shape index (κ1) is 19.7. The van der Waals surface area contributed by atoms with Crippen LogP contribution < -0.4 is 0 Å². The number of azide groups is 1. The normalized spacial score (nSPS) is 31.1. The number of nitrogens with zero attached hydrogens (tertiary/aromatic N) is 5. The van der Waals surface area contributed by atoms with Gasteiger partial charge < -0.3 is 19.3 Å². The van der Waals surface area contributed by atoms with Crippen LogP contribution in [-0.4, -0.2) is 51.5 Å². The molecule has 0 saturated carbocycles. The summed E-state index contributed by atoms with van der Waals surface area (Å²) in [6.07, 6.45) is -1.06. The van der Waals surface area contributed by atoms with Crippen LogP contribution in [0, 0.1) is 0 Å². The molecule has 9 nitrogen and oxygen atoms in total. The highest BCUT2D eigenvalue weighted by molar-refractivity contribution is 7.99. The van der Waals surface area contributed by atoms with E-state index in [1.54, 1.807) is 11.7 Å². The number of ether oxygens (including phenoxy) is 3. The maximum absolute atomic E-state index is 10.9. The molecule has 5 rings (SSSR count). The van der Waals surface area contributed by atoms with Crippen LogP contribution >= 0.6 is 23.1 Å². The second-order valence-corrected chi connectivity index (χ2v) is 8.93. The second-order valence-electron chi connectivity index (χ2n) is 6.87. The van der Waals surface area contributed by atoms with E-state index in [0.29, 0.717) is 5.65 Å². The lowest BCUT2D eigenvalue weighted by atomic mass is 9.97. The van der Waals surface area contributed by atoms with Crippen molar-refractivity contribution in [2.24, 2.45) is 5.11 Å². The number of hydrogen-bond donors (Lipinski definition) is 1. The molecule has 30 heavy (non-hydrogen) atoms. The lowest BCUT2D eigenvalue weighted by Gasteiger charge is -2.46. The Morgan fingerprint density at radius 2 is 2.10 bits per heavy atom. The van der Waals surface area contributed by atoms with Gasteiger partial charge in [-0.25, -0.2) is 9.97 Å². The van der Waals surface area contributed by atoms with Crippen molar-refractivity contribution in [3.63, 3.8) is 0 Å². The largest absolute Gasteiger partial charge is 0.389 e. The third kappa shape index (κ3) is 3.77. The van der Waals surface area contributed by atoms with Crippen LogP contribution in [-0.2, 0) is 14.2 Å². The fourth-order valence-corrected chi connectivity index (χ4v) is 5.40. The molecule has 2 aromatic heterocycles. The van der Waals surface area contributed by atoms with Gasteiger partial charge in [-0.15, -0.1) is 11.3 Å². The zero-order chi connectivity index (χ0) is 20.5. The van der Waals surface area contributed by atoms with Gasteiger partial charge in [0.25, 0.3) is 0 Å². The van der Waals surface area contributed by atoms with Crippen molar-refractivity contribution in [1.29, 1.82) is 0 Å². The number of hydrogen-bond acceptors (Lipinski definition) is 9. The van der Waals surface area contributed by atoms with Crippen molar-refractivity contribution >= 4 is 33.4 Å². The predicted molar refractivity (Wildman–Crippen MR) is 111 cm³/mol. The smallest absolute Gasteiger partial charge is 0.184 e. The first-order valence-electron chi connectivity index (χ1n) is 9.28. The first-order chi connectivity index (χ1) is 14.7. The summed E-state index contributed by atoms with van der Waals surface area (Å²) in [6.45, 7) is 0.261. The molecule has 154 valence electrons. The molecule has 0 spiro atoms. The second kappa shape index (κ2) is 8.48. The maximum Gasteiger partial charge on any atom is 0.184 e. The van der Waals surface area contributed by atoms with Gasteiger partial charge in [-0.05, 0) is 11.6 Å². The Hall–Kier alpha value is -2.24. The van der Waals surface area contributed by atoms with E-state index in [2.05, 4.69) is 20.0 Å². The summed E-state index contributed by atoms with van der Waals surface area (Å²) < 4.78 is 19.0. The number of thioether (sulfide) groups is 1. The highest BCUT2D eigenvalue weighted by Crippen LogP contribution is 2.40. The molecule has 1 aromatic carbocycles. The van der Waals surface area contributed by atoms with E-state index in [4.69, 9.17) is 19.7 Å². The standard InChI is InChI=1S/C19H17N5O4S2/c20-24-23-14-15(25)19(30-11-6-13-17(21-7-11)22-9-29-13)27-12-8-26-18(28-16(12)14)10-4-2-1-3-5-10/h1-7,9,12,14-16,18-19,25H,8H2/t12?,14?,15?,16-,18?,19+/m0/s1. The van der Waals surface area contributed by atoms with Gasteiger partial charge >= 0.3 is 0 Å². The molecule has 1 N–H and O–H groups in total. The van der Waals surface area contributed by atoms with Crippen molar-refractivity contribution in [2.75, 3.05) is 6.61 Å². The molecule has 2 fully saturated rings. The average molecular weight is 444 g/mol. The molecule has 0 aliphatic carbocycles. The van der Waals surface area contributed by atoms with Gasteiger partial charge in [0.15, 0.2) is 11.9 Å². The Kier molecular flexibility index (Phi) is 5.57. The molecule has 4 unspecified atom stereocenters. The minimum Gasteiger partial charge on any atom is -0.389 e. The molecule has 2 saturated heterocycles. The van der Waals surface area contributed by atoms with Crippen LogP contribution in [0.2, 0.25) is 0 Å². The molecule has 4 heterocycles. The Morgan fingerprint density at radius 1 is 1.23 bits per heavy atom. The fraction of sp³-hybridized carbons (Fsp3) is 0.368. The minimum atomic E-state index is -1.06. The van der Waals surface area contributed by atoms with Crippen LogP contribution in [0.1, 0.15) is 11.9 Å². The van der Waals surface area contributed by atoms with E-state index >= 15 is 0 Å². The summed E-state index contributed by atoms with van der Waals surface area (Å²) in [5, 5.41) is 14.8. The van der Waals surface area contributed by atoms with Gasteiger partial charge in [0.05, 0.1) is 22.9 Å². The van der Waals surface area contributed by atoms with Crippen LogP contribution in [0.5, 0.6) is 0 Å². The van der Waals surface area contributed by atoms with Gasteiger partial charge in [-0.3, -0.25) is 0 Å². The van der Waals surface area contributed by atoms with Crippen LogP contribution in [0.4, 0.5) is 0 Å². The topological polar surface area (TPSA) is 122 Å². The van der Waals surface area contributed by atoms with Crippen LogP contribution in [0.3, 0.4) is 0 Å². The van der Waals surface area contributed by atoms with Crippen molar-refractivity contribution in [1.82, 2.24) is 9.97 Å². The predicted octanol–water partition coefficient (Wildman–Crippen LogP) is 3.66. The van der Waals surface area contributed by atoms with E-state index in [1.807, 2.05) is 36.4 Å². The van der Waals surface area contributed by atoms with E-state index in [-0.39, 0.29) is 6.61 Å². The summed E-state index contributed by atoms with van der Waals surface area (Å²) in [5.74, 6) is 0. The molecular weight excluding hydrogens is 426 g/mol. The van der Waals surface area contributed by atoms with Gasteiger partial charge in [-0.1, -0.05) is 47.2 Å². The average Bonchev–Trinajstić information content (AvgIpc) is 3.25. The molecule has 3 aromatic rings. The molecule has 0 bridgehead atoms. The number of aromatic nitrogens is 2. The Labute approximate surface area is 179 Å². The number of thiazole rings is 1. The van der Waals surface area contributed by atoms with Crippen molar-refractivity contribution in [3.05, 3.63) is 64.1 Å². The summed E-state index contributed by atoms with van der Waals surface area (Å²) in [5.41, 5.74) is 11.7. The number of pyridine rings is 1. The monoisotopic (exact) mass is 443 g/mol. The zero-order valence-electron chi connectivity index (χ0n) is 15.5. The maximum atomic E-state index is 10.9. The summed E-state index contributed by atoms with van der Waals surface area (Å²) in [7, 11) is 0. The molecule has 0 amide bonds. The van der Waals surface area contributed by atoms with E-state index in [0.717, 1.165) is 15.2 Å². The third-order valence-electron chi connectivity index (χ3n) is 5.00. The quantitative estimate of drug-likeness (QED) is 0.371. The number of aliphatic hydroxyl groups excluding tert-OH is 1. The summed E-state index contributed by atoms with van der Waals surface area (Å²) >= 11 is 2.82. The van der Waals surface area contributed by atoms with E-state index in [9.17, 15) is 5.11 Å². The number of aliphatic hydroxyl groups is 1. The number of fused-ring (bicyclic) bond motifs is 2. The lowest BCUT2D eigenvalue weighted by molar-refractivity contribution is -0.297. The molecular formula is C19H17N5O4S2. The number of benzene rings is 1. The summed E-state index contributed by atoms with van der Waals surface area (Å²) in [6, 6.07) is 10.6. The van der Waals surface area contributed by atoms with E-state index in [1.165, 1.54) is 23.1 Å². The van der Waals surface area contributed by atoms with E-state index < -0.39 is 36.1 Å². The summed E-state index contributed by atoms with van der Waals surface area (Å²) in [4.78, 5) is 12.3. The SMILES string of the molecule is [N-]=[N+]=NC1C(O)[C@@H](Sc2cnc3ncsc3c2)OC2COC(c3ccccc3)O[C@@H]21. The Morgan fingerprint density at radius 3 is 2.93 bits per heavy atom. The first-order valence-corrected chi connectivity index (χ1v) is 11.0. The third-order valence-corrected chi connectivity index (χ3v) is 6.89. The highest BCUT2D eigenvalue weighted by atomic mass is 32.2. The van der Waals surface area contributed by atoms with Gasteiger partial charge in [-0.2, -0.15) is 0 Å². The van der Waals surface area contributed by atoms with Crippen LogP contribution in [0.15, 0.2) is 58.1 Å². The highest BCUT2D eigenvalue weighted by Gasteiger charge is 2.49. The number of rotatable bonds is 4. The van der Waals surface area contributed by atoms with Crippen LogP contribution in [0.25, 0.3) is 20.8 Å². The fourth-order valence-electron chi connectivity index (χ4n) is 3.58. The van der Waals surface area contributed by atoms with Crippen molar-refractivity contribution < 1.29 is 19.3 Å². The van der Waals surface area contributed by atoms with Gasteiger partial charge in [0.2, 0.25) is 0 Å².